The average molecular weight is 253 g/mol. The third-order valence-electron chi connectivity index (χ3n) is 2.16. The Kier molecular flexibility index (Phi) is 3.33. The van der Waals surface area contributed by atoms with Gasteiger partial charge in [-0.3, -0.25) is 14.8 Å². The fourth-order valence-corrected chi connectivity index (χ4v) is 2.00. The van der Waals surface area contributed by atoms with Crippen LogP contribution in [0.25, 0.3) is 0 Å². The number of thiazole rings is 1. The lowest BCUT2D eigenvalue weighted by atomic mass is 10.3. The molecular formula is C9H11N5O2S. The normalized spacial score (nSPS) is 10.4. The van der Waals surface area contributed by atoms with Crippen LogP contribution in [0.15, 0.2) is 17.1 Å². The van der Waals surface area contributed by atoms with Gasteiger partial charge >= 0.3 is 5.69 Å². The van der Waals surface area contributed by atoms with Crippen LogP contribution in [0.3, 0.4) is 0 Å². The van der Waals surface area contributed by atoms with Gasteiger partial charge in [0, 0.05) is 25.4 Å². The van der Waals surface area contributed by atoms with Crippen molar-refractivity contribution in [2.45, 2.75) is 6.42 Å². The first kappa shape index (κ1) is 11.5. The molecule has 0 spiro atoms. The molecule has 1 N–H and O–H groups in total. The van der Waals surface area contributed by atoms with Crippen molar-refractivity contribution in [3.05, 3.63) is 32.9 Å². The van der Waals surface area contributed by atoms with Gasteiger partial charge in [0.2, 0.25) is 5.82 Å². The summed E-state index contributed by atoms with van der Waals surface area (Å²) in [5, 5.41) is 19.6. The Morgan fingerprint density at radius 3 is 3.12 bits per heavy atom. The fourth-order valence-electron chi connectivity index (χ4n) is 1.41. The summed E-state index contributed by atoms with van der Waals surface area (Å²) < 4.78 is 1.42. The zero-order valence-corrected chi connectivity index (χ0v) is 9.98. The minimum atomic E-state index is -0.446. The molecule has 0 amide bonds. The Labute approximate surface area is 101 Å². The van der Waals surface area contributed by atoms with Gasteiger partial charge in [-0.1, -0.05) is 0 Å². The van der Waals surface area contributed by atoms with E-state index in [1.54, 1.807) is 12.6 Å². The Hall–Kier alpha value is -1.96. The first-order chi connectivity index (χ1) is 8.16. The summed E-state index contributed by atoms with van der Waals surface area (Å²) in [6, 6.07) is 0. The van der Waals surface area contributed by atoms with Crippen molar-refractivity contribution in [3.63, 3.8) is 0 Å². The summed E-state index contributed by atoms with van der Waals surface area (Å²) in [4.78, 5) is 14.4. The number of hydrogen-bond acceptors (Lipinski definition) is 6. The van der Waals surface area contributed by atoms with Gasteiger partial charge in [-0.2, -0.15) is 0 Å². The Morgan fingerprint density at radius 1 is 1.65 bits per heavy atom. The lowest BCUT2D eigenvalue weighted by Gasteiger charge is -2.00. The van der Waals surface area contributed by atoms with Gasteiger partial charge in [-0.15, -0.1) is 16.4 Å². The number of anilines is 1. The molecule has 0 aliphatic heterocycles. The first-order valence-electron chi connectivity index (χ1n) is 4.96. The largest absolute Gasteiger partial charge is 0.362 e. The maximum absolute atomic E-state index is 10.7. The highest BCUT2D eigenvalue weighted by atomic mass is 32.1. The monoisotopic (exact) mass is 253 g/mol. The van der Waals surface area contributed by atoms with Crippen LogP contribution in [0.5, 0.6) is 0 Å². The third kappa shape index (κ3) is 2.78. The Balaban J connectivity index is 1.96. The van der Waals surface area contributed by atoms with Crippen molar-refractivity contribution in [1.82, 2.24) is 14.8 Å². The van der Waals surface area contributed by atoms with Gasteiger partial charge in [-0.05, 0) is 0 Å². The van der Waals surface area contributed by atoms with Crippen LogP contribution in [0.2, 0.25) is 0 Å². The SMILES string of the molecule is Cn1cc([N+](=O)[O-])c(NCCc2cscn2)n1. The maximum atomic E-state index is 10.7. The highest BCUT2D eigenvalue weighted by Crippen LogP contribution is 2.21. The molecule has 0 bridgehead atoms. The van der Waals surface area contributed by atoms with Gasteiger partial charge in [0.25, 0.3) is 0 Å². The van der Waals surface area contributed by atoms with Gasteiger partial charge < -0.3 is 5.32 Å². The van der Waals surface area contributed by atoms with Crippen molar-refractivity contribution < 1.29 is 4.92 Å². The second-order valence-electron chi connectivity index (χ2n) is 3.45. The zero-order chi connectivity index (χ0) is 12.3. The molecule has 2 aromatic rings. The number of aromatic nitrogens is 3. The van der Waals surface area contributed by atoms with Crippen LogP contribution in [0, 0.1) is 10.1 Å². The van der Waals surface area contributed by atoms with Crippen LogP contribution in [0.4, 0.5) is 11.5 Å². The molecule has 0 aliphatic carbocycles. The standard InChI is InChI=1S/C9H11N5O2S/c1-13-4-8(14(15)16)9(12-13)10-3-2-7-5-17-6-11-7/h4-6H,2-3H2,1H3,(H,10,12). The molecule has 2 rings (SSSR count). The maximum Gasteiger partial charge on any atom is 0.330 e. The summed E-state index contributed by atoms with van der Waals surface area (Å²) in [6.07, 6.45) is 2.10. The van der Waals surface area contributed by atoms with Crippen molar-refractivity contribution in [2.75, 3.05) is 11.9 Å². The van der Waals surface area contributed by atoms with Crippen LogP contribution >= 0.6 is 11.3 Å². The van der Waals surface area contributed by atoms with E-state index in [4.69, 9.17) is 0 Å². The highest BCUT2D eigenvalue weighted by molar-refractivity contribution is 7.07. The number of hydrogen-bond donors (Lipinski definition) is 1. The van der Waals surface area contributed by atoms with Crippen molar-refractivity contribution >= 4 is 22.8 Å². The number of aryl methyl sites for hydroxylation is 1. The highest BCUT2D eigenvalue weighted by Gasteiger charge is 2.17. The van der Waals surface area contributed by atoms with Crippen LogP contribution in [-0.2, 0) is 13.5 Å². The molecule has 90 valence electrons. The van der Waals surface area contributed by atoms with Crippen molar-refractivity contribution in [1.29, 1.82) is 0 Å². The van der Waals surface area contributed by atoms with E-state index < -0.39 is 4.92 Å². The zero-order valence-electron chi connectivity index (χ0n) is 9.16. The molecule has 0 atom stereocenters. The molecular weight excluding hydrogens is 242 g/mol. The van der Waals surface area contributed by atoms with E-state index in [2.05, 4.69) is 15.4 Å². The predicted octanol–water partition coefficient (Wildman–Crippen LogP) is 1.44. The number of nitro groups is 1. The number of rotatable bonds is 5. The third-order valence-corrected chi connectivity index (χ3v) is 2.80. The summed E-state index contributed by atoms with van der Waals surface area (Å²) in [7, 11) is 1.65. The van der Waals surface area contributed by atoms with Gasteiger partial charge in [0.05, 0.1) is 16.1 Å². The summed E-state index contributed by atoms with van der Waals surface area (Å²) in [5.41, 5.74) is 2.73. The smallest absolute Gasteiger partial charge is 0.330 e. The Morgan fingerprint density at radius 2 is 2.47 bits per heavy atom. The molecule has 17 heavy (non-hydrogen) atoms. The van der Waals surface area contributed by atoms with Crippen molar-refractivity contribution in [2.24, 2.45) is 7.05 Å². The van der Waals surface area contributed by atoms with Gasteiger partial charge in [0.15, 0.2) is 0 Å². The number of nitrogens with zero attached hydrogens (tertiary/aromatic N) is 4. The van der Waals surface area contributed by atoms with Crippen molar-refractivity contribution in [3.8, 4) is 0 Å². The molecule has 0 fully saturated rings. The predicted molar refractivity (Wildman–Crippen MR) is 64.2 cm³/mol. The Bertz CT molecular complexity index is 507. The lowest BCUT2D eigenvalue weighted by Crippen LogP contribution is -2.07. The summed E-state index contributed by atoms with van der Waals surface area (Å²) in [5.74, 6) is 0.299. The quantitative estimate of drug-likeness (QED) is 0.643. The van der Waals surface area contributed by atoms with Gasteiger partial charge in [0.1, 0.15) is 6.20 Å². The second-order valence-corrected chi connectivity index (χ2v) is 4.17. The molecule has 7 nitrogen and oxygen atoms in total. The fraction of sp³-hybridized carbons (Fsp3) is 0.333. The molecule has 0 saturated heterocycles. The molecule has 0 aliphatic rings. The van der Waals surface area contributed by atoms with E-state index in [0.717, 1.165) is 12.1 Å². The number of nitrogens with one attached hydrogen (secondary N) is 1. The molecule has 0 aromatic carbocycles. The van der Waals surface area contributed by atoms with E-state index in [-0.39, 0.29) is 5.69 Å². The average Bonchev–Trinajstić information content (AvgIpc) is 2.88. The van der Waals surface area contributed by atoms with Gasteiger partial charge in [-0.25, -0.2) is 4.98 Å². The van der Waals surface area contributed by atoms with E-state index in [0.29, 0.717) is 12.4 Å². The molecule has 0 radical (unpaired) electrons. The first-order valence-corrected chi connectivity index (χ1v) is 5.90. The van der Waals surface area contributed by atoms with E-state index in [1.807, 2.05) is 5.38 Å². The lowest BCUT2D eigenvalue weighted by molar-refractivity contribution is -0.384. The van der Waals surface area contributed by atoms with Crippen LogP contribution in [0.1, 0.15) is 5.69 Å². The van der Waals surface area contributed by atoms with E-state index in [1.165, 1.54) is 22.2 Å². The topological polar surface area (TPSA) is 85.9 Å². The molecule has 2 heterocycles. The van der Waals surface area contributed by atoms with E-state index in [9.17, 15) is 10.1 Å². The minimum Gasteiger partial charge on any atom is -0.362 e. The summed E-state index contributed by atoms with van der Waals surface area (Å²) >= 11 is 1.53. The molecule has 0 saturated carbocycles. The second kappa shape index (κ2) is 4.91. The minimum absolute atomic E-state index is 0.00854. The molecule has 0 unspecified atom stereocenters. The van der Waals surface area contributed by atoms with Crippen LogP contribution in [-0.4, -0.2) is 26.2 Å². The van der Waals surface area contributed by atoms with Crippen LogP contribution < -0.4 is 5.32 Å². The van der Waals surface area contributed by atoms with E-state index >= 15 is 0 Å². The molecule has 2 aromatic heterocycles. The molecule has 8 heteroatoms. The summed E-state index contributed by atoms with van der Waals surface area (Å²) in [6.45, 7) is 0.571.